The van der Waals surface area contributed by atoms with Gasteiger partial charge in [-0.25, -0.2) is 13.6 Å². The van der Waals surface area contributed by atoms with Gasteiger partial charge < -0.3 is 10.6 Å². The van der Waals surface area contributed by atoms with Crippen LogP contribution in [0, 0.1) is 6.92 Å². The van der Waals surface area contributed by atoms with E-state index in [-0.39, 0.29) is 22.3 Å². The molecule has 0 aliphatic heterocycles. The Hall–Kier alpha value is -2.29. The van der Waals surface area contributed by atoms with Gasteiger partial charge in [0.1, 0.15) is 0 Å². The molecule has 2 rings (SSSR count). The monoisotopic (exact) mass is 363 g/mol. The van der Waals surface area contributed by atoms with E-state index in [9.17, 15) is 13.2 Å². The van der Waals surface area contributed by atoms with Gasteiger partial charge in [0.05, 0.1) is 11.3 Å². The lowest BCUT2D eigenvalue weighted by atomic mass is 10.1. The van der Waals surface area contributed by atoms with Gasteiger partial charge in [-0.05, 0) is 54.5 Å². The smallest absolute Gasteiger partial charge is 0.238 e. The van der Waals surface area contributed by atoms with Crippen molar-refractivity contribution in [2.45, 2.75) is 18.2 Å². The lowest BCUT2D eigenvalue weighted by molar-refractivity contribution is -0.119. The van der Waals surface area contributed by atoms with Crippen LogP contribution in [0.15, 0.2) is 53.4 Å². The molecule has 24 heavy (non-hydrogen) atoms. The third-order valence-corrected chi connectivity index (χ3v) is 4.44. The van der Waals surface area contributed by atoms with E-state index in [1.54, 1.807) is 0 Å². The molecule has 0 spiro atoms. The van der Waals surface area contributed by atoms with Gasteiger partial charge in [0.15, 0.2) is 5.11 Å². The molecule has 0 aromatic heterocycles. The van der Waals surface area contributed by atoms with E-state index in [1.807, 2.05) is 31.2 Å². The zero-order valence-corrected chi connectivity index (χ0v) is 14.6. The minimum Gasteiger partial charge on any atom is -0.332 e. The van der Waals surface area contributed by atoms with Crippen LogP contribution in [0.3, 0.4) is 0 Å². The van der Waals surface area contributed by atoms with Crippen molar-refractivity contribution < 1.29 is 13.2 Å². The molecule has 1 amide bonds. The van der Waals surface area contributed by atoms with Crippen molar-refractivity contribution in [1.82, 2.24) is 5.32 Å². The summed E-state index contributed by atoms with van der Waals surface area (Å²) < 4.78 is 22.4. The second-order valence-corrected chi connectivity index (χ2v) is 7.14. The molecule has 6 nitrogen and oxygen atoms in total. The van der Waals surface area contributed by atoms with Crippen LogP contribution in [0.25, 0.3) is 0 Å². The lowest BCUT2D eigenvalue weighted by Crippen LogP contribution is -2.35. The SMILES string of the molecule is Cc1ccccc1CC(=O)NC(=S)Nc1ccc(S(N)(=O)=O)cc1. The number of primary sulfonamides is 1. The molecule has 0 unspecified atom stereocenters. The maximum absolute atomic E-state index is 12.0. The molecule has 0 saturated heterocycles. The number of benzene rings is 2. The Bertz CT molecular complexity index is 862. The van der Waals surface area contributed by atoms with Gasteiger partial charge in [-0.1, -0.05) is 24.3 Å². The van der Waals surface area contributed by atoms with E-state index in [0.717, 1.165) is 11.1 Å². The van der Waals surface area contributed by atoms with Crippen LogP contribution in [0.1, 0.15) is 11.1 Å². The molecule has 0 bridgehead atoms. The molecule has 2 aromatic carbocycles. The van der Waals surface area contributed by atoms with Gasteiger partial charge in [0.2, 0.25) is 15.9 Å². The molecule has 2 aromatic rings. The predicted octanol–water partition coefficient (Wildman–Crippen LogP) is 1.70. The first-order valence-electron chi connectivity index (χ1n) is 7.04. The van der Waals surface area contributed by atoms with E-state index in [4.69, 9.17) is 17.4 Å². The van der Waals surface area contributed by atoms with Crippen molar-refractivity contribution in [2.24, 2.45) is 5.14 Å². The number of sulfonamides is 1. The summed E-state index contributed by atoms with van der Waals surface area (Å²) in [6.07, 6.45) is 0.221. The van der Waals surface area contributed by atoms with E-state index in [1.165, 1.54) is 24.3 Å². The van der Waals surface area contributed by atoms with Crippen molar-refractivity contribution in [3.05, 3.63) is 59.7 Å². The Morgan fingerprint density at radius 3 is 2.33 bits per heavy atom. The maximum atomic E-state index is 12.0. The number of rotatable bonds is 4. The molecule has 0 heterocycles. The van der Waals surface area contributed by atoms with Gasteiger partial charge in [0.25, 0.3) is 0 Å². The van der Waals surface area contributed by atoms with Crippen LogP contribution in [0.5, 0.6) is 0 Å². The van der Waals surface area contributed by atoms with Crippen LogP contribution in [-0.4, -0.2) is 19.4 Å². The average Bonchev–Trinajstić information content (AvgIpc) is 2.49. The quantitative estimate of drug-likeness (QED) is 0.718. The molecular weight excluding hydrogens is 346 g/mol. The number of aryl methyl sites for hydroxylation is 1. The highest BCUT2D eigenvalue weighted by Crippen LogP contribution is 2.12. The number of carbonyl (C=O) groups excluding carboxylic acids is 1. The Morgan fingerprint density at radius 1 is 1.12 bits per heavy atom. The van der Waals surface area contributed by atoms with Crippen molar-refractivity contribution in [3.63, 3.8) is 0 Å². The summed E-state index contributed by atoms with van der Waals surface area (Å²) in [5.74, 6) is -0.233. The summed E-state index contributed by atoms with van der Waals surface area (Å²) in [5, 5.41) is 10.6. The predicted molar refractivity (Wildman–Crippen MR) is 97.1 cm³/mol. The molecule has 0 saturated carbocycles. The Labute approximate surface area is 146 Å². The molecule has 126 valence electrons. The summed E-state index contributed by atoms with van der Waals surface area (Å²) in [7, 11) is -3.74. The van der Waals surface area contributed by atoms with E-state index in [0.29, 0.717) is 5.69 Å². The summed E-state index contributed by atoms with van der Waals surface area (Å²) in [4.78, 5) is 12.0. The third kappa shape index (κ3) is 5.12. The zero-order chi connectivity index (χ0) is 17.7. The van der Waals surface area contributed by atoms with E-state index in [2.05, 4.69) is 10.6 Å². The fourth-order valence-corrected chi connectivity index (χ4v) is 2.79. The number of hydrogen-bond donors (Lipinski definition) is 3. The number of nitrogens with two attached hydrogens (primary N) is 1. The lowest BCUT2D eigenvalue weighted by Gasteiger charge is -2.11. The topological polar surface area (TPSA) is 101 Å². The molecule has 0 aliphatic carbocycles. The highest BCUT2D eigenvalue weighted by Gasteiger charge is 2.09. The molecule has 4 N–H and O–H groups in total. The highest BCUT2D eigenvalue weighted by molar-refractivity contribution is 7.89. The second kappa shape index (κ2) is 7.52. The largest absolute Gasteiger partial charge is 0.332 e. The van der Waals surface area contributed by atoms with Crippen LogP contribution in [0.2, 0.25) is 0 Å². The summed E-state index contributed by atoms with van der Waals surface area (Å²) in [5.41, 5.74) is 2.50. The Balaban J connectivity index is 1.93. The number of hydrogen-bond acceptors (Lipinski definition) is 4. The number of nitrogens with one attached hydrogen (secondary N) is 2. The van der Waals surface area contributed by atoms with E-state index < -0.39 is 10.0 Å². The van der Waals surface area contributed by atoms with Crippen molar-refractivity contribution in [2.75, 3.05) is 5.32 Å². The van der Waals surface area contributed by atoms with Crippen molar-refractivity contribution in [3.8, 4) is 0 Å². The van der Waals surface area contributed by atoms with Gasteiger partial charge >= 0.3 is 0 Å². The standard InChI is InChI=1S/C16H17N3O3S2/c1-11-4-2-3-5-12(11)10-15(20)19-16(23)18-13-6-8-14(9-7-13)24(17,21)22/h2-9H,10H2,1H3,(H2,17,21,22)(H2,18,19,20,23). The minimum atomic E-state index is -3.74. The maximum Gasteiger partial charge on any atom is 0.238 e. The average molecular weight is 363 g/mol. The van der Waals surface area contributed by atoms with E-state index >= 15 is 0 Å². The fraction of sp³-hybridized carbons (Fsp3) is 0.125. The number of anilines is 1. The summed E-state index contributed by atoms with van der Waals surface area (Å²) in [6.45, 7) is 1.94. The zero-order valence-electron chi connectivity index (χ0n) is 12.9. The third-order valence-electron chi connectivity index (χ3n) is 3.31. The van der Waals surface area contributed by atoms with Crippen LogP contribution in [-0.2, 0) is 21.2 Å². The van der Waals surface area contributed by atoms with Crippen LogP contribution in [0.4, 0.5) is 5.69 Å². The fourth-order valence-electron chi connectivity index (χ4n) is 2.04. The number of amides is 1. The second-order valence-electron chi connectivity index (χ2n) is 5.17. The molecule has 0 fully saturated rings. The normalized spacial score (nSPS) is 10.9. The summed E-state index contributed by atoms with van der Waals surface area (Å²) in [6, 6.07) is 13.3. The molecule has 0 atom stereocenters. The van der Waals surface area contributed by atoms with Crippen LogP contribution < -0.4 is 15.8 Å². The molecule has 0 aliphatic rings. The van der Waals surface area contributed by atoms with Gasteiger partial charge in [0, 0.05) is 5.69 Å². The number of thiocarbonyl (C=S) groups is 1. The van der Waals surface area contributed by atoms with Crippen molar-refractivity contribution >= 4 is 38.9 Å². The number of carbonyl (C=O) groups is 1. The first kappa shape index (κ1) is 18.1. The van der Waals surface area contributed by atoms with Crippen LogP contribution >= 0.6 is 12.2 Å². The molecular formula is C16H17N3O3S2. The molecule has 0 radical (unpaired) electrons. The Kier molecular flexibility index (Phi) is 5.66. The minimum absolute atomic E-state index is 0.00237. The Morgan fingerprint density at radius 2 is 1.75 bits per heavy atom. The van der Waals surface area contributed by atoms with Gasteiger partial charge in [-0.15, -0.1) is 0 Å². The highest BCUT2D eigenvalue weighted by atomic mass is 32.2. The van der Waals surface area contributed by atoms with Crippen molar-refractivity contribution in [1.29, 1.82) is 0 Å². The first-order chi connectivity index (χ1) is 11.3. The van der Waals surface area contributed by atoms with Gasteiger partial charge in [-0.3, -0.25) is 4.79 Å². The van der Waals surface area contributed by atoms with Gasteiger partial charge in [-0.2, -0.15) is 0 Å². The first-order valence-corrected chi connectivity index (χ1v) is 8.99. The summed E-state index contributed by atoms with van der Waals surface area (Å²) >= 11 is 5.08. The molecule has 8 heteroatoms.